The molecule has 2 heterocycles. The van der Waals surface area contributed by atoms with Gasteiger partial charge in [-0.25, -0.2) is 4.98 Å². The van der Waals surface area contributed by atoms with Crippen LogP contribution in [0.15, 0.2) is 48.5 Å². The number of likely N-dealkylation sites (tertiary alicyclic amines) is 1. The van der Waals surface area contributed by atoms with Gasteiger partial charge in [0, 0.05) is 24.5 Å². The lowest BCUT2D eigenvalue weighted by molar-refractivity contribution is -0.128. The van der Waals surface area contributed by atoms with Gasteiger partial charge in [-0.1, -0.05) is 53.3 Å². The van der Waals surface area contributed by atoms with E-state index in [0.717, 1.165) is 16.6 Å². The molecule has 2 aromatic carbocycles. The molecule has 4 rings (SSSR count). The summed E-state index contributed by atoms with van der Waals surface area (Å²) in [6.07, 6.45) is 1.04. The van der Waals surface area contributed by atoms with E-state index < -0.39 is 0 Å². The summed E-state index contributed by atoms with van der Waals surface area (Å²) in [5.41, 5.74) is 1.98. The van der Waals surface area contributed by atoms with E-state index >= 15 is 0 Å². The van der Waals surface area contributed by atoms with E-state index in [1.165, 1.54) is 16.9 Å². The van der Waals surface area contributed by atoms with Crippen LogP contribution >= 0.6 is 22.9 Å². The van der Waals surface area contributed by atoms with E-state index in [4.69, 9.17) is 11.6 Å². The van der Waals surface area contributed by atoms with Crippen LogP contribution in [-0.2, 0) is 16.0 Å². The Morgan fingerprint density at radius 2 is 2.07 bits per heavy atom. The maximum Gasteiger partial charge on any atom is 0.231 e. The second-order valence-electron chi connectivity index (χ2n) is 6.60. The van der Waals surface area contributed by atoms with Gasteiger partial charge in [0.2, 0.25) is 11.8 Å². The lowest BCUT2D eigenvalue weighted by Gasteiger charge is -2.16. The van der Waals surface area contributed by atoms with Crippen LogP contribution in [0.4, 0.5) is 5.13 Å². The first kappa shape index (κ1) is 17.9. The highest BCUT2D eigenvalue weighted by Crippen LogP contribution is 2.29. The van der Waals surface area contributed by atoms with Gasteiger partial charge in [0.05, 0.1) is 16.1 Å². The summed E-state index contributed by atoms with van der Waals surface area (Å²) in [5, 5.41) is 4.03. The average Bonchev–Trinajstić information content (AvgIpc) is 3.23. The molecule has 0 saturated carbocycles. The van der Waals surface area contributed by atoms with Crippen LogP contribution in [0.1, 0.15) is 12.0 Å². The van der Waals surface area contributed by atoms with Gasteiger partial charge >= 0.3 is 0 Å². The van der Waals surface area contributed by atoms with Crippen LogP contribution in [0.2, 0.25) is 5.02 Å². The van der Waals surface area contributed by atoms with Crippen molar-refractivity contribution in [3.05, 3.63) is 59.1 Å². The Labute approximate surface area is 166 Å². The number of carbonyl (C=O) groups is 2. The van der Waals surface area contributed by atoms with Gasteiger partial charge in [-0.05, 0) is 30.2 Å². The third-order valence-electron chi connectivity index (χ3n) is 4.68. The highest BCUT2D eigenvalue weighted by Gasteiger charge is 2.34. The standard InChI is InChI=1S/C20H18ClN3O2S/c21-15-6-7-16-17(11-15)27-20(22-16)23-19(26)14-10-18(25)24(12-14)9-8-13-4-2-1-3-5-13/h1-7,11,14H,8-10,12H2,(H,22,23,26). The summed E-state index contributed by atoms with van der Waals surface area (Å²) in [5.74, 6) is -0.471. The SMILES string of the molecule is O=C(Nc1nc2ccc(Cl)cc2s1)C1CC(=O)N(CCc2ccccc2)C1. The average molecular weight is 400 g/mol. The number of nitrogens with zero attached hydrogens (tertiary/aromatic N) is 2. The molecule has 1 saturated heterocycles. The zero-order chi connectivity index (χ0) is 18.8. The molecule has 1 N–H and O–H groups in total. The highest BCUT2D eigenvalue weighted by molar-refractivity contribution is 7.22. The Kier molecular flexibility index (Phi) is 5.09. The van der Waals surface area contributed by atoms with Crippen LogP contribution in [0.5, 0.6) is 0 Å². The highest BCUT2D eigenvalue weighted by atomic mass is 35.5. The largest absolute Gasteiger partial charge is 0.342 e. The number of carbonyl (C=O) groups excluding carboxylic acids is 2. The van der Waals surface area contributed by atoms with Crippen molar-refractivity contribution in [1.82, 2.24) is 9.88 Å². The molecular formula is C20H18ClN3O2S. The number of halogens is 1. The first-order valence-corrected chi connectivity index (χ1v) is 9.96. The van der Waals surface area contributed by atoms with Crippen molar-refractivity contribution < 1.29 is 9.59 Å². The number of aromatic nitrogens is 1. The number of hydrogen-bond donors (Lipinski definition) is 1. The minimum atomic E-state index is -0.344. The molecule has 1 aromatic heterocycles. The molecule has 1 atom stereocenters. The van der Waals surface area contributed by atoms with E-state index in [2.05, 4.69) is 10.3 Å². The Balaban J connectivity index is 1.36. The monoisotopic (exact) mass is 399 g/mol. The first-order valence-electron chi connectivity index (χ1n) is 8.77. The molecule has 2 amide bonds. The van der Waals surface area contributed by atoms with Crippen molar-refractivity contribution in [2.45, 2.75) is 12.8 Å². The molecule has 0 radical (unpaired) electrons. The molecule has 0 bridgehead atoms. The second-order valence-corrected chi connectivity index (χ2v) is 8.06. The maximum absolute atomic E-state index is 12.6. The molecule has 3 aromatic rings. The van der Waals surface area contributed by atoms with Crippen LogP contribution in [0, 0.1) is 5.92 Å². The van der Waals surface area contributed by atoms with Crippen molar-refractivity contribution in [1.29, 1.82) is 0 Å². The van der Waals surface area contributed by atoms with E-state index in [1.807, 2.05) is 42.5 Å². The van der Waals surface area contributed by atoms with E-state index in [-0.39, 0.29) is 24.2 Å². The fourth-order valence-electron chi connectivity index (χ4n) is 3.23. The van der Waals surface area contributed by atoms with Crippen LogP contribution in [0.3, 0.4) is 0 Å². The predicted molar refractivity (Wildman–Crippen MR) is 108 cm³/mol. The molecule has 1 unspecified atom stereocenters. The lowest BCUT2D eigenvalue weighted by atomic mass is 10.1. The normalized spacial score (nSPS) is 16.9. The molecule has 1 aliphatic heterocycles. The number of fused-ring (bicyclic) bond motifs is 1. The third-order valence-corrected chi connectivity index (χ3v) is 5.85. The number of hydrogen-bond acceptors (Lipinski definition) is 4. The molecule has 7 heteroatoms. The zero-order valence-electron chi connectivity index (χ0n) is 14.5. The summed E-state index contributed by atoms with van der Waals surface area (Å²) in [6.45, 7) is 1.08. The Morgan fingerprint density at radius 3 is 2.89 bits per heavy atom. The summed E-state index contributed by atoms with van der Waals surface area (Å²) in [4.78, 5) is 31.0. The molecular weight excluding hydrogens is 382 g/mol. The minimum Gasteiger partial charge on any atom is -0.342 e. The topological polar surface area (TPSA) is 62.3 Å². The molecule has 138 valence electrons. The van der Waals surface area contributed by atoms with E-state index in [9.17, 15) is 9.59 Å². The summed E-state index contributed by atoms with van der Waals surface area (Å²) in [6, 6.07) is 15.5. The van der Waals surface area contributed by atoms with Crippen LogP contribution < -0.4 is 5.32 Å². The maximum atomic E-state index is 12.6. The number of thiazole rings is 1. The smallest absolute Gasteiger partial charge is 0.231 e. The zero-order valence-corrected chi connectivity index (χ0v) is 16.1. The van der Waals surface area contributed by atoms with Gasteiger partial charge in [0.1, 0.15) is 0 Å². The second kappa shape index (κ2) is 7.66. The van der Waals surface area contributed by atoms with Gasteiger partial charge in [0.25, 0.3) is 0 Å². The Hall–Kier alpha value is -2.44. The fraction of sp³-hybridized carbons (Fsp3) is 0.250. The predicted octanol–water partition coefficient (Wildman–Crippen LogP) is 3.98. The van der Waals surface area contributed by atoms with Crippen molar-refractivity contribution >= 4 is 50.1 Å². The summed E-state index contributed by atoms with van der Waals surface area (Å²) < 4.78 is 0.921. The van der Waals surface area contributed by atoms with Gasteiger partial charge in [-0.15, -0.1) is 0 Å². The number of nitrogens with one attached hydrogen (secondary N) is 1. The van der Waals surface area contributed by atoms with Crippen molar-refractivity contribution in [2.75, 3.05) is 18.4 Å². The minimum absolute atomic E-state index is 0.0298. The Morgan fingerprint density at radius 1 is 1.26 bits per heavy atom. The lowest BCUT2D eigenvalue weighted by Crippen LogP contribution is -2.30. The van der Waals surface area contributed by atoms with Crippen molar-refractivity contribution in [2.24, 2.45) is 5.92 Å². The quantitative estimate of drug-likeness (QED) is 0.705. The molecule has 0 aliphatic carbocycles. The number of rotatable bonds is 5. The molecule has 0 spiro atoms. The fourth-order valence-corrected chi connectivity index (χ4v) is 4.38. The number of benzene rings is 2. The van der Waals surface area contributed by atoms with Crippen LogP contribution in [0.25, 0.3) is 10.2 Å². The summed E-state index contributed by atoms with van der Waals surface area (Å²) >= 11 is 7.37. The van der Waals surface area contributed by atoms with Crippen molar-refractivity contribution in [3.63, 3.8) is 0 Å². The van der Waals surface area contributed by atoms with Gasteiger partial charge in [0.15, 0.2) is 5.13 Å². The van der Waals surface area contributed by atoms with Gasteiger partial charge in [-0.3, -0.25) is 9.59 Å². The molecule has 27 heavy (non-hydrogen) atoms. The molecule has 1 aliphatic rings. The number of anilines is 1. The van der Waals surface area contributed by atoms with Gasteiger partial charge in [-0.2, -0.15) is 0 Å². The molecule has 5 nitrogen and oxygen atoms in total. The van der Waals surface area contributed by atoms with Crippen LogP contribution in [-0.4, -0.2) is 34.8 Å². The third kappa shape index (κ3) is 4.12. The molecule has 1 fully saturated rings. The van der Waals surface area contributed by atoms with Crippen molar-refractivity contribution in [3.8, 4) is 0 Å². The van der Waals surface area contributed by atoms with E-state index in [1.54, 1.807) is 11.0 Å². The first-order chi connectivity index (χ1) is 13.1. The van der Waals surface area contributed by atoms with E-state index in [0.29, 0.717) is 23.2 Å². The summed E-state index contributed by atoms with van der Waals surface area (Å²) in [7, 11) is 0. The van der Waals surface area contributed by atoms with Gasteiger partial charge < -0.3 is 10.2 Å². The Bertz CT molecular complexity index is 989. The number of amides is 2.